The second-order valence-electron chi connectivity index (χ2n) is 13.6. The average Bonchev–Trinajstić information content (AvgIpc) is 3.76. The van der Waals surface area contributed by atoms with E-state index in [-0.39, 0.29) is 0 Å². The first-order valence-corrected chi connectivity index (χ1v) is 17.2. The van der Waals surface area contributed by atoms with Crippen molar-refractivity contribution in [3.63, 3.8) is 0 Å². The van der Waals surface area contributed by atoms with Crippen LogP contribution in [-0.2, 0) is 6.42 Å². The topological polar surface area (TPSA) is 0 Å². The molecule has 0 bridgehead atoms. The van der Waals surface area contributed by atoms with E-state index in [0.717, 1.165) is 6.42 Å². The average molecular weight is 619 g/mol. The molecule has 0 heterocycles. The molecule has 2 aliphatic carbocycles. The van der Waals surface area contributed by atoms with Crippen molar-refractivity contribution >= 4 is 54.7 Å². The summed E-state index contributed by atoms with van der Waals surface area (Å²) in [7, 11) is 0. The predicted molar refractivity (Wildman–Crippen MR) is 210 cm³/mol. The minimum absolute atomic E-state index is 0.956. The van der Waals surface area contributed by atoms with Gasteiger partial charge in [-0.25, -0.2) is 0 Å². The van der Waals surface area contributed by atoms with E-state index in [4.69, 9.17) is 0 Å². The maximum atomic E-state index is 2.44. The maximum absolute atomic E-state index is 2.44. The van der Waals surface area contributed by atoms with Crippen molar-refractivity contribution in [3.05, 3.63) is 180 Å². The van der Waals surface area contributed by atoms with Gasteiger partial charge in [-0.2, -0.15) is 0 Å². The van der Waals surface area contributed by atoms with Gasteiger partial charge in [0.1, 0.15) is 0 Å². The van der Waals surface area contributed by atoms with Crippen LogP contribution in [0.15, 0.2) is 164 Å². The van der Waals surface area contributed by atoms with Crippen LogP contribution >= 0.6 is 0 Å². The van der Waals surface area contributed by atoms with Gasteiger partial charge in [-0.05, 0) is 122 Å². The Morgan fingerprint density at radius 2 is 0.918 bits per heavy atom. The standard InChI is InChI=1S/C49H30/c1-2-9-30(10-3-1)35-27-33-22-20-32-19-17-31-18-21-34(28-46(31)48(32)47(33)29-35)36-23-24-41(38-12-5-4-11-37(36)38)42-25-26-45-40-14-7-6-13-39(40)43-15-8-16-44(42)49(43)45/h1-28H,29H2. The Labute approximate surface area is 285 Å². The van der Waals surface area contributed by atoms with Crippen LogP contribution in [0.4, 0.5) is 0 Å². The van der Waals surface area contributed by atoms with Crippen molar-refractivity contribution < 1.29 is 0 Å². The summed E-state index contributed by atoms with van der Waals surface area (Å²) in [6.45, 7) is 0. The normalized spacial score (nSPS) is 12.9. The van der Waals surface area contributed by atoms with Gasteiger partial charge < -0.3 is 0 Å². The molecule has 0 aliphatic heterocycles. The molecule has 2 aliphatic rings. The molecule has 11 rings (SSSR count). The highest BCUT2D eigenvalue weighted by Gasteiger charge is 2.23. The van der Waals surface area contributed by atoms with Crippen LogP contribution in [0.3, 0.4) is 0 Å². The molecule has 0 saturated heterocycles. The molecule has 0 heteroatoms. The largest absolute Gasteiger partial charge is 0.0622 e. The monoisotopic (exact) mass is 618 g/mol. The fraction of sp³-hybridized carbons (Fsp3) is 0.0204. The summed E-state index contributed by atoms with van der Waals surface area (Å²) in [6, 6.07) is 61.0. The van der Waals surface area contributed by atoms with Crippen LogP contribution in [0.1, 0.15) is 16.7 Å². The molecule has 9 aromatic rings. The van der Waals surface area contributed by atoms with E-state index in [0.29, 0.717) is 0 Å². The van der Waals surface area contributed by atoms with Crippen molar-refractivity contribution in [2.75, 3.05) is 0 Å². The van der Waals surface area contributed by atoms with Gasteiger partial charge >= 0.3 is 0 Å². The van der Waals surface area contributed by atoms with Crippen molar-refractivity contribution in [1.29, 1.82) is 0 Å². The van der Waals surface area contributed by atoms with E-state index in [2.05, 4.69) is 170 Å². The SMILES string of the molecule is C1=C(c2ccccc2)Cc2c1ccc1ccc3ccc(-c4ccc(-c5ccc6c7c(cccc57)-c5ccccc5-6)c5ccccc45)cc3c21. The van der Waals surface area contributed by atoms with E-state index >= 15 is 0 Å². The van der Waals surface area contributed by atoms with Crippen LogP contribution < -0.4 is 0 Å². The number of fused-ring (bicyclic) bond motifs is 9. The molecule has 9 aromatic carbocycles. The Bertz CT molecular complexity index is 2860. The molecular formula is C49H30. The van der Waals surface area contributed by atoms with Crippen LogP contribution in [0, 0.1) is 0 Å². The fourth-order valence-corrected chi connectivity index (χ4v) is 8.83. The maximum Gasteiger partial charge on any atom is -0.000728 e. The quantitative estimate of drug-likeness (QED) is 0.173. The molecule has 0 radical (unpaired) electrons. The number of rotatable bonds is 3. The lowest BCUT2D eigenvalue weighted by atomic mass is 9.88. The van der Waals surface area contributed by atoms with Gasteiger partial charge in [0.2, 0.25) is 0 Å². The van der Waals surface area contributed by atoms with Crippen molar-refractivity contribution in [2.45, 2.75) is 6.42 Å². The molecule has 0 amide bonds. The molecule has 0 aromatic heterocycles. The van der Waals surface area contributed by atoms with E-state index < -0.39 is 0 Å². The number of allylic oxidation sites excluding steroid dienone is 1. The molecule has 0 saturated carbocycles. The molecule has 0 nitrogen and oxygen atoms in total. The molecular weight excluding hydrogens is 589 g/mol. The lowest BCUT2D eigenvalue weighted by Gasteiger charge is -2.16. The van der Waals surface area contributed by atoms with Gasteiger partial charge in [-0.3, -0.25) is 0 Å². The first-order chi connectivity index (χ1) is 24.3. The molecule has 0 unspecified atom stereocenters. The van der Waals surface area contributed by atoms with Crippen molar-refractivity contribution in [1.82, 2.24) is 0 Å². The van der Waals surface area contributed by atoms with Gasteiger partial charge in [-0.15, -0.1) is 0 Å². The number of benzene rings is 9. The Morgan fingerprint density at radius 3 is 1.76 bits per heavy atom. The highest BCUT2D eigenvalue weighted by molar-refractivity contribution is 6.21. The summed E-state index contributed by atoms with van der Waals surface area (Å²) in [6.07, 6.45) is 3.34. The Kier molecular flexibility index (Phi) is 5.54. The van der Waals surface area contributed by atoms with Crippen LogP contribution in [-0.4, -0.2) is 0 Å². The zero-order chi connectivity index (χ0) is 32.1. The second kappa shape index (κ2) is 10.1. The summed E-state index contributed by atoms with van der Waals surface area (Å²) >= 11 is 0. The highest BCUT2D eigenvalue weighted by Crippen LogP contribution is 2.50. The minimum Gasteiger partial charge on any atom is -0.0622 e. The molecule has 0 atom stereocenters. The molecule has 226 valence electrons. The molecule has 0 fully saturated rings. The van der Waals surface area contributed by atoms with Crippen molar-refractivity contribution in [3.8, 4) is 44.5 Å². The minimum atomic E-state index is 0.956. The van der Waals surface area contributed by atoms with Crippen molar-refractivity contribution in [2.24, 2.45) is 0 Å². The number of hydrogen-bond donors (Lipinski definition) is 0. The first-order valence-electron chi connectivity index (χ1n) is 17.2. The lowest BCUT2D eigenvalue weighted by Crippen LogP contribution is -1.91. The molecule has 0 spiro atoms. The van der Waals surface area contributed by atoms with E-state index in [1.165, 1.54) is 110 Å². The summed E-state index contributed by atoms with van der Waals surface area (Å²) in [5, 5.41) is 10.6. The van der Waals surface area contributed by atoms with Gasteiger partial charge in [0.05, 0.1) is 0 Å². The third-order valence-electron chi connectivity index (χ3n) is 11.1. The van der Waals surface area contributed by atoms with Gasteiger partial charge in [-0.1, -0.05) is 164 Å². The third-order valence-corrected chi connectivity index (χ3v) is 11.1. The Hall–Kier alpha value is -6.24. The number of hydrogen-bond acceptors (Lipinski definition) is 0. The van der Waals surface area contributed by atoms with Gasteiger partial charge in [0.15, 0.2) is 0 Å². The smallest absolute Gasteiger partial charge is 0.000728 e. The Balaban J connectivity index is 1.08. The zero-order valence-corrected chi connectivity index (χ0v) is 26.9. The van der Waals surface area contributed by atoms with E-state index in [1.54, 1.807) is 0 Å². The summed E-state index contributed by atoms with van der Waals surface area (Å²) in [4.78, 5) is 0. The summed E-state index contributed by atoms with van der Waals surface area (Å²) < 4.78 is 0. The fourth-order valence-electron chi connectivity index (χ4n) is 8.83. The third kappa shape index (κ3) is 3.86. The van der Waals surface area contributed by atoms with Crippen LogP contribution in [0.25, 0.3) is 99.2 Å². The first kappa shape index (κ1) is 26.8. The van der Waals surface area contributed by atoms with Crippen LogP contribution in [0.2, 0.25) is 0 Å². The zero-order valence-electron chi connectivity index (χ0n) is 26.9. The Morgan fingerprint density at radius 1 is 0.327 bits per heavy atom. The van der Waals surface area contributed by atoms with Gasteiger partial charge in [0.25, 0.3) is 0 Å². The van der Waals surface area contributed by atoms with Crippen LogP contribution in [0.5, 0.6) is 0 Å². The summed E-state index contributed by atoms with van der Waals surface area (Å²) in [5.41, 5.74) is 15.9. The lowest BCUT2D eigenvalue weighted by molar-refractivity contribution is 1.35. The predicted octanol–water partition coefficient (Wildman–Crippen LogP) is 13.4. The highest BCUT2D eigenvalue weighted by atomic mass is 14.3. The summed E-state index contributed by atoms with van der Waals surface area (Å²) in [5.74, 6) is 0. The molecule has 0 N–H and O–H groups in total. The molecule has 49 heavy (non-hydrogen) atoms. The van der Waals surface area contributed by atoms with Gasteiger partial charge in [0, 0.05) is 0 Å². The van der Waals surface area contributed by atoms with E-state index in [9.17, 15) is 0 Å². The second-order valence-corrected chi connectivity index (χ2v) is 13.6. The van der Waals surface area contributed by atoms with E-state index in [1.807, 2.05) is 0 Å².